The summed E-state index contributed by atoms with van der Waals surface area (Å²) in [7, 11) is 2.08. The Kier molecular flexibility index (Phi) is 4.95. The average Bonchev–Trinajstić information content (AvgIpc) is 3.21. The van der Waals surface area contributed by atoms with Crippen LogP contribution in [-0.2, 0) is 18.3 Å². The quantitative estimate of drug-likeness (QED) is 0.889. The van der Waals surface area contributed by atoms with Crippen LogP contribution in [0.25, 0.3) is 0 Å². The number of nitrogens with zero attached hydrogens (tertiary/aromatic N) is 2. The van der Waals surface area contributed by atoms with E-state index < -0.39 is 0 Å². The average molecular weight is 317 g/mol. The van der Waals surface area contributed by atoms with Gasteiger partial charge in [-0.15, -0.1) is 11.3 Å². The predicted octanol–water partition coefficient (Wildman–Crippen LogP) is 2.58. The van der Waals surface area contributed by atoms with Crippen LogP contribution in [0.2, 0.25) is 0 Å². The summed E-state index contributed by atoms with van der Waals surface area (Å²) in [4.78, 5) is 15.8. The molecule has 3 rings (SSSR count). The zero-order chi connectivity index (χ0) is 15.4. The molecule has 0 spiro atoms. The van der Waals surface area contributed by atoms with Gasteiger partial charge in [-0.3, -0.25) is 9.69 Å². The fourth-order valence-corrected chi connectivity index (χ4v) is 3.90. The topological polar surface area (TPSA) is 37.3 Å². The van der Waals surface area contributed by atoms with Gasteiger partial charge in [0, 0.05) is 30.4 Å². The summed E-state index contributed by atoms with van der Waals surface area (Å²) in [5.74, 6) is 0.137. The van der Waals surface area contributed by atoms with Crippen LogP contribution >= 0.6 is 11.3 Å². The fourth-order valence-electron chi connectivity index (χ4n) is 3.19. The van der Waals surface area contributed by atoms with Crippen molar-refractivity contribution in [2.45, 2.75) is 25.3 Å². The Bertz CT molecular complexity index is 605. The zero-order valence-corrected chi connectivity index (χ0v) is 13.8. The molecule has 0 bridgehead atoms. The maximum Gasteiger partial charge on any atom is 0.234 e. The molecule has 0 saturated carbocycles. The Labute approximate surface area is 135 Å². The highest BCUT2D eigenvalue weighted by Gasteiger charge is 2.28. The third kappa shape index (κ3) is 3.59. The molecule has 2 aromatic heterocycles. The standard InChI is InChI=1S/C17H23N3OS/c1-19-10-2-6-15(19)16-7-3-11-20(16)13-17(21)18-9-8-14-5-4-12-22-14/h2,4-6,10,12,16H,3,7-9,11,13H2,1H3,(H,18,21)/t16-/m0/s1. The van der Waals surface area contributed by atoms with E-state index >= 15 is 0 Å². The van der Waals surface area contributed by atoms with E-state index in [-0.39, 0.29) is 5.91 Å². The molecule has 0 aromatic carbocycles. The SMILES string of the molecule is Cn1cccc1[C@@H]1CCCN1CC(=O)NCCc1cccs1. The van der Waals surface area contributed by atoms with Crippen LogP contribution in [0.1, 0.15) is 29.5 Å². The van der Waals surface area contributed by atoms with E-state index in [1.807, 2.05) is 0 Å². The van der Waals surface area contributed by atoms with Gasteiger partial charge in [-0.05, 0) is 49.4 Å². The highest BCUT2D eigenvalue weighted by Crippen LogP contribution is 2.31. The molecule has 1 fully saturated rings. The van der Waals surface area contributed by atoms with Crippen LogP contribution in [0.15, 0.2) is 35.8 Å². The number of hydrogen-bond acceptors (Lipinski definition) is 3. The molecular formula is C17H23N3OS. The third-order valence-electron chi connectivity index (χ3n) is 4.31. The number of amides is 1. The minimum Gasteiger partial charge on any atom is -0.355 e. The normalized spacial score (nSPS) is 18.7. The summed E-state index contributed by atoms with van der Waals surface area (Å²) in [6.07, 6.45) is 5.30. The van der Waals surface area contributed by atoms with Gasteiger partial charge in [0.05, 0.1) is 12.6 Å². The monoisotopic (exact) mass is 317 g/mol. The highest BCUT2D eigenvalue weighted by atomic mass is 32.1. The lowest BCUT2D eigenvalue weighted by Crippen LogP contribution is -2.38. The number of hydrogen-bond donors (Lipinski definition) is 1. The number of aryl methyl sites for hydroxylation is 1. The van der Waals surface area contributed by atoms with E-state index in [9.17, 15) is 4.79 Å². The molecule has 118 valence electrons. The van der Waals surface area contributed by atoms with Crippen LogP contribution in [-0.4, -0.2) is 35.0 Å². The first-order valence-corrected chi connectivity index (χ1v) is 8.76. The van der Waals surface area contributed by atoms with Crippen molar-refractivity contribution < 1.29 is 4.79 Å². The van der Waals surface area contributed by atoms with E-state index in [0.29, 0.717) is 12.6 Å². The summed E-state index contributed by atoms with van der Waals surface area (Å²) < 4.78 is 2.16. The van der Waals surface area contributed by atoms with Crippen molar-refractivity contribution in [1.82, 2.24) is 14.8 Å². The zero-order valence-electron chi connectivity index (χ0n) is 13.0. The number of thiophene rings is 1. The van der Waals surface area contributed by atoms with Gasteiger partial charge < -0.3 is 9.88 Å². The molecule has 1 atom stereocenters. The molecule has 5 heteroatoms. The summed E-state index contributed by atoms with van der Waals surface area (Å²) in [6, 6.07) is 8.78. The highest BCUT2D eigenvalue weighted by molar-refractivity contribution is 7.09. The van der Waals surface area contributed by atoms with Crippen LogP contribution in [0.5, 0.6) is 0 Å². The maximum absolute atomic E-state index is 12.2. The van der Waals surface area contributed by atoms with E-state index in [0.717, 1.165) is 25.9 Å². The minimum absolute atomic E-state index is 0.137. The molecule has 1 aliphatic rings. The summed E-state index contributed by atoms with van der Waals surface area (Å²) >= 11 is 1.74. The van der Waals surface area contributed by atoms with E-state index in [2.05, 4.69) is 57.7 Å². The van der Waals surface area contributed by atoms with Crippen LogP contribution in [0.4, 0.5) is 0 Å². The number of nitrogens with one attached hydrogen (secondary N) is 1. The summed E-state index contributed by atoms with van der Waals surface area (Å²) in [6.45, 7) is 2.23. The Balaban J connectivity index is 1.49. The molecule has 1 aliphatic heterocycles. The van der Waals surface area contributed by atoms with Crippen LogP contribution in [0.3, 0.4) is 0 Å². The van der Waals surface area contributed by atoms with E-state index in [1.165, 1.54) is 17.0 Å². The molecule has 3 heterocycles. The molecular weight excluding hydrogens is 294 g/mol. The summed E-state index contributed by atoms with van der Waals surface area (Å²) in [5.41, 5.74) is 1.31. The Morgan fingerprint density at radius 1 is 1.41 bits per heavy atom. The predicted molar refractivity (Wildman–Crippen MR) is 90.0 cm³/mol. The smallest absolute Gasteiger partial charge is 0.234 e. The van der Waals surface area contributed by atoms with Gasteiger partial charge in [-0.2, -0.15) is 0 Å². The van der Waals surface area contributed by atoms with Gasteiger partial charge in [0.2, 0.25) is 5.91 Å². The summed E-state index contributed by atoms with van der Waals surface area (Å²) in [5, 5.41) is 5.12. The van der Waals surface area contributed by atoms with Crippen molar-refractivity contribution in [2.75, 3.05) is 19.6 Å². The number of rotatable bonds is 6. The second kappa shape index (κ2) is 7.11. The molecule has 0 unspecified atom stereocenters. The van der Waals surface area contributed by atoms with Crippen LogP contribution in [0, 0.1) is 0 Å². The molecule has 0 aliphatic carbocycles. The lowest BCUT2D eigenvalue weighted by atomic mass is 10.1. The van der Waals surface area contributed by atoms with Crippen molar-refractivity contribution >= 4 is 17.2 Å². The van der Waals surface area contributed by atoms with E-state index in [1.54, 1.807) is 11.3 Å². The number of likely N-dealkylation sites (tertiary alicyclic amines) is 1. The van der Waals surface area contributed by atoms with Crippen molar-refractivity contribution in [3.8, 4) is 0 Å². The second-order valence-electron chi connectivity index (χ2n) is 5.85. The largest absolute Gasteiger partial charge is 0.355 e. The molecule has 0 radical (unpaired) electrons. The Hall–Kier alpha value is -1.59. The maximum atomic E-state index is 12.2. The van der Waals surface area contributed by atoms with Crippen molar-refractivity contribution in [3.63, 3.8) is 0 Å². The fraction of sp³-hybridized carbons (Fsp3) is 0.471. The van der Waals surface area contributed by atoms with Gasteiger partial charge >= 0.3 is 0 Å². The van der Waals surface area contributed by atoms with Crippen molar-refractivity contribution in [2.24, 2.45) is 7.05 Å². The minimum atomic E-state index is 0.137. The van der Waals surface area contributed by atoms with Gasteiger partial charge in [0.15, 0.2) is 0 Å². The molecule has 22 heavy (non-hydrogen) atoms. The first-order valence-electron chi connectivity index (χ1n) is 7.88. The van der Waals surface area contributed by atoms with Gasteiger partial charge in [0.25, 0.3) is 0 Å². The lowest BCUT2D eigenvalue weighted by molar-refractivity contribution is -0.122. The molecule has 1 saturated heterocycles. The molecule has 4 nitrogen and oxygen atoms in total. The Morgan fingerprint density at radius 3 is 3.05 bits per heavy atom. The third-order valence-corrected chi connectivity index (χ3v) is 5.25. The van der Waals surface area contributed by atoms with Crippen molar-refractivity contribution in [3.05, 3.63) is 46.4 Å². The molecule has 2 aromatic rings. The first kappa shape index (κ1) is 15.3. The number of carbonyl (C=O) groups excluding carboxylic acids is 1. The molecule has 1 N–H and O–H groups in total. The second-order valence-corrected chi connectivity index (χ2v) is 6.88. The lowest BCUT2D eigenvalue weighted by Gasteiger charge is -2.24. The van der Waals surface area contributed by atoms with Crippen LogP contribution < -0.4 is 5.32 Å². The van der Waals surface area contributed by atoms with E-state index in [4.69, 9.17) is 0 Å². The molecule has 1 amide bonds. The Morgan fingerprint density at radius 2 is 2.32 bits per heavy atom. The number of carbonyl (C=O) groups is 1. The van der Waals surface area contributed by atoms with Gasteiger partial charge in [-0.25, -0.2) is 0 Å². The number of aromatic nitrogens is 1. The van der Waals surface area contributed by atoms with Crippen molar-refractivity contribution in [1.29, 1.82) is 0 Å². The van der Waals surface area contributed by atoms with Gasteiger partial charge in [-0.1, -0.05) is 6.07 Å². The first-order chi connectivity index (χ1) is 10.7. The van der Waals surface area contributed by atoms with Gasteiger partial charge in [0.1, 0.15) is 0 Å².